The third kappa shape index (κ3) is 4.22. The van der Waals surface area contributed by atoms with Gasteiger partial charge in [-0.3, -0.25) is 0 Å². The minimum absolute atomic E-state index is 0.0140. The van der Waals surface area contributed by atoms with Gasteiger partial charge in [-0.15, -0.1) is 0 Å². The maximum atomic E-state index is 11.9. The largest absolute Gasteiger partial charge is 0.357 e. The second-order valence-corrected chi connectivity index (χ2v) is 6.56. The summed E-state index contributed by atoms with van der Waals surface area (Å²) in [5.41, 5.74) is 2.87. The molecule has 4 nitrogen and oxygen atoms in total. The molecule has 19 heavy (non-hydrogen) atoms. The number of sulfonamides is 1. The van der Waals surface area contributed by atoms with Crippen molar-refractivity contribution in [2.75, 3.05) is 0 Å². The van der Waals surface area contributed by atoms with Crippen LogP contribution in [-0.2, 0) is 29.4 Å². The topological polar surface area (TPSA) is 51.1 Å². The van der Waals surface area contributed by atoms with E-state index >= 15 is 0 Å². The van der Waals surface area contributed by atoms with Gasteiger partial charge in [0.1, 0.15) is 0 Å². The van der Waals surface area contributed by atoms with Gasteiger partial charge in [0.15, 0.2) is 0 Å². The molecule has 1 aromatic carbocycles. The van der Waals surface area contributed by atoms with Crippen LogP contribution >= 0.6 is 0 Å². The van der Waals surface area contributed by atoms with Gasteiger partial charge in [-0.1, -0.05) is 29.8 Å². The van der Waals surface area contributed by atoms with Crippen LogP contribution in [-0.4, -0.2) is 13.0 Å². The van der Waals surface area contributed by atoms with Crippen molar-refractivity contribution in [1.29, 1.82) is 0 Å². The van der Waals surface area contributed by atoms with E-state index in [9.17, 15) is 8.42 Å². The van der Waals surface area contributed by atoms with Crippen LogP contribution in [0.4, 0.5) is 0 Å². The molecule has 1 N–H and O–H groups in total. The van der Waals surface area contributed by atoms with Gasteiger partial charge in [0.25, 0.3) is 0 Å². The van der Waals surface area contributed by atoms with Crippen LogP contribution < -0.4 is 4.72 Å². The van der Waals surface area contributed by atoms with E-state index in [4.69, 9.17) is 0 Å². The number of nitrogens with zero attached hydrogens (tertiary/aromatic N) is 1. The number of aryl methyl sites for hydroxylation is 2. The summed E-state index contributed by atoms with van der Waals surface area (Å²) in [6.45, 7) is 2.31. The van der Waals surface area contributed by atoms with Crippen molar-refractivity contribution in [2.45, 2.75) is 19.2 Å². The lowest BCUT2D eigenvalue weighted by Gasteiger charge is -2.06. The SMILES string of the molecule is Cc1ccc(CS(=O)(=O)NCc2ccn(C)c2)cc1. The van der Waals surface area contributed by atoms with Crippen LogP contribution in [0.25, 0.3) is 0 Å². The standard InChI is InChI=1S/C14H18N2O2S/c1-12-3-5-13(6-4-12)11-19(17,18)15-9-14-7-8-16(2)10-14/h3-8,10,15H,9,11H2,1-2H3. The highest BCUT2D eigenvalue weighted by molar-refractivity contribution is 7.88. The summed E-state index contributed by atoms with van der Waals surface area (Å²) in [6.07, 6.45) is 3.79. The first-order valence-corrected chi connectivity index (χ1v) is 7.73. The van der Waals surface area contributed by atoms with Crippen molar-refractivity contribution in [1.82, 2.24) is 9.29 Å². The molecule has 2 rings (SSSR count). The first-order valence-electron chi connectivity index (χ1n) is 6.08. The highest BCUT2D eigenvalue weighted by Crippen LogP contribution is 2.08. The number of rotatable bonds is 5. The van der Waals surface area contributed by atoms with Gasteiger partial charge in [-0.05, 0) is 24.1 Å². The lowest BCUT2D eigenvalue weighted by atomic mass is 10.2. The lowest BCUT2D eigenvalue weighted by Crippen LogP contribution is -2.24. The lowest BCUT2D eigenvalue weighted by molar-refractivity contribution is 0.580. The number of hydrogen-bond acceptors (Lipinski definition) is 2. The van der Waals surface area contributed by atoms with Gasteiger partial charge in [0.2, 0.25) is 10.0 Å². The number of nitrogens with one attached hydrogen (secondary N) is 1. The smallest absolute Gasteiger partial charge is 0.216 e. The molecule has 5 heteroatoms. The Hall–Kier alpha value is -1.59. The summed E-state index contributed by atoms with van der Waals surface area (Å²) in [5.74, 6) is 0.0140. The fourth-order valence-electron chi connectivity index (χ4n) is 1.81. The van der Waals surface area contributed by atoms with Crippen molar-refractivity contribution in [3.8, 4) is 0 Å². The Bertz CT molecular complexity index is 642. The highest BCUT2D eigenvalue weighted by Gasteiger charge is 2.11. The summed E-state index contributed by atoms with van der Waals surface area (Å²) in [6, 6.07) is 9.42. The number of benzene rings is 1. The molecule has 1 heterocycles. The normalized spacial score (nSPS) is 11.7. The van der Waals surface area contributed by atoms with E-state index in [0.717, 1.165) is 16.7 Å². The fourth-order valence-corrected chi connectivity index (χ4v) is 2.93. The first-order chi connectivity index (χ1) is 8.94. The Morgan fingerprint density at radius 3 is 2.37 bits per heavy atom. The molecular weight excluding hydrogens is 260 g/mol. The minimum Gasteiger partial charge on any atom is -0.357 e. The second kappa shape index (κ2) is 5.59. The zero-order valence-corrected chi connectivity index (χ0v) is 11.9. The molecule has 2 aromatic rings. The van der Waals surface area contributed by atoms with Gasteiger partial charge in [-0.2, -0.15) is 0 Å². The third-order valence-corrected chi connectivity index (χ3v) is 4.16. The minimum atomic E-state index is -3.30. The van der Waals surface area contributed by atoms with Crippen molar-refractivity contribution in [3.63, 3.8) is 0 Å². The predicted molar refractivity (Wildman–Crippen MR) is 76.1 cm³/mol. The zero-order chi connectivity index (χ0) is 13.9. The van der Waals surface area contributed by atoms with Gasteiger partial charge in [-0.25, -0.2) is 13.1 Å². The van der Waals surface area contributed by atoms with Crippen LogP contribution in [0.1, 0.15) is 16.7 Å². The molecule has 0 bridgehead atoms. The van der Waals surface area contributed by atoms with Crippen molar-refractivity contribution in [2.24, 2.45) is 7.05 Å². The van der Waals surface area contributed by atoms with Gasteiger partial charge < -0.3 is 4.57 Å². The van der Waals surface area contributed by atoms with E-state index in [1.165, 1.54) is 0 Å². The van der Waals surface area contributed by atoms with Crippen molar-refractivity contribution < 1.29 is 8.42 Å². The monoisotopic (exact) mass is 278 g/mol. The Labute approximate surface area is 114 Å². The van der Waals surface area contributed by atoms with Crippen LogP contribution in [0.15, 0.2) is 42.7 Å². The maximum absolute atomic E-state index is 11.9. The van der Waals surface area contributed by atoms with E-state index in [1.54, 1.807) is 0 Å². The molecule has 0 aliphatic heterocycles. The zero-order valence-electron chi connectivity index (χ0n) is 11.1. The number of aromatic nitrogens is 1. The first kappa shape index (κ1) is 13.8. The van der Waals surface area contributed by atoms with Gasteiger partial charge >= 0.3 is 0 Å². The Kier molecular flexibility index (Phi) is 4.07. The molecule has 0 unspecified atom stereocenters. The average molecular weight is 278 g/mol. The van der Waals surface area contributed by atoms with Crippen LogP contribution in [0.3, 0.4) is 0 Å². The van der Waals surface area contributed by atoms with E-state index in [2.05, 4.69) is 4.72 Å². The van der Waals surface area contributed by atoms with Crippen LogP contribution in [0, 0.1) is 6.92 Å². The van der Waals surface area contributed by atoms with Gasteiger partial charge in [0.05, 0.1) is 5.75 Å². The molecule has 102 valence electrons. The number of hydrogen-bond donors (Lipinski definition) is 1. The molecular formula is C14H18N2O2S. The highest BCUT2D eigenvalue weighted by atomic mass is 32.2. The molecule has 0 saturated heterocycles. The predicted octanol–water partition coefficient (Wildman–Crippen LogP) is 1.95. The molecule has 0 atom stereocenters. The molecule has 0 aliphatic carbocycles. The Morgan fingerprint density at radius 1 is 1.11 bits per heavy atom. The van der Waals surface area contributed by atoms with Gasteiger partial charge in [0, 0.05) is 26.0 Å². The summed E-state index contributed by atoms with van der Waals surface area (Å²) in [7, 11) is -1.39. The van der Waals surface area contributed by atoms with E-state index < -0.39 is 10.0 Å². The average Bonchev–Trinajstić information content (AvgIpc) is 2.76. The molecule has 0 aliphatic rings. The summed E-state index contributed by atoms with van der Waals surface area (Å²) in [4.78, 5) is 0. The summed E-state index contributed by atoms with van der Waals surface area (Å²) in [5, 5.41) is 0. The molecule has 1 aromatic heterocycles. The van der Waals surface area contributed by atoms with E-state index in [-0.39, 0.29) is 5.75 Å². The molecule has 0 radical (unpaired) electrons. The van der Waals surface area contributed by atoms with Crippen LogP contribution in [0.5, 0.6) is 0 Å². The molecule has 0 spiro atoms. The summed E-state index contributed by atoms with van der Waals surface area (Å²) < 4.78 is 28.4. The third-order valence-electron chi connectivity index (χ3n) is 2.87. The van der Waals surface area contributed by atoms with Crippen molar-refractivity contribution in [3.05, 3.63) is 59.4 Å². The fraction of sp³-hybridized carbons (Fsp3) is 0.286. The van der Waals surface area contributed by atoms with Crippen molar-refractivity contribution >= 4 is 10.0 Å². The summed E-state index contributed by atoms with van der Waals surface area (Å²) >= 11 is 0. The molecule has 0 amide bonds. The molecule has 0 saturated carbocycles. The Morgan fingerprint density at radius 2 is 1.79 bits per heavy atom. The van der Waals surface area contributed by atoms with Crippen LogP contribution in [0.2, 0.25) is 0 Å². The van der Waals surface area contributed by atoms with E-state index in [1.807, 2.05) is 61.3 Å². The quantitative estimate of drug-likeness (QED) is 0.909. The second-order valence-electron chi connectivity index (χ2n) is 4.75. The Balaban J connectivity index is 1.97. The molecule has 0 fully saturated rings. The maximum Gasteiger partial charge on any atom is 0.216 e. The van der Waals surface area contributed by atoms with E-state index in [0.29, 0.717) is 6.54 Å².